The number of methoxy groups -OCH3 is 1. The first-order chi connectivity index (χ1) is 11.7. The molecule has 7 heteroatoms. The number of halogens is 1. The molecule has 0 bridgehead atoms. The van der Waals surface area contributed by atoms with Gasteiger partial charge in [-0.05, 0) is 45.4 Å². The summed E-state index contributed by atoms with van der Waals surface area (Å²) in [7, 11) is 1.66. The first-order valence-electron chi connectivity index (χ1n) is 8.36. The standard InChI is InChI=1S/C18H24ClN3O3/c1-10-12(19)6-7-13-15(10)21-16(20-13)14-8-11(24-5)9-22(14)17(23)25-18(2,3)4/h6-7,11,14H,8-9H2,1-5H3,(H,20,21). The second-order valence-electron chi connectivity index (χ2n) is 7.43. The molecule has 6 nitrogen and oxygen atoms in total. The minimum Gasteiger partial charge on any atom is -0.444 e. The maximum Gasteiger partial charge on any atom is 0.411 e. The monoisotopic (exact) mass is 365 g/mol. The average Bonchev–Trinajstić information content (AvgIpc) is 3.13. The average molecular weight is 366 g/mol. The second-order valence-corrected chi connectivity index (χ2v) is 7.84. The molecular formula is C18H24ClN3O3. The van der Waals surface area contributed by atoms with Crippen molar-refractivity contribution in [2.75, 3.05) is 13.7 Å². The van der Waals surface area contributed by atoms with E-state index in [0.29, 0.717) is 18.0 Å². The number of aromatic nitrogens is 2. The van der Waals surface area contributed by atoms with E-state index < -0.39 is 5.60 Å². The van der Waals surface area contributed by atoms with Crippen molar-refractivity contribution in [1.29, 1.82) is 0 Å². The number of aromatic amines is 1. The first kappa shape index (κ1) is 18.0. The summed E-state index contributed by atoms with van der Waals surface area (Å²) >= 11 is 6.20. The van der Waals surface area contributed by atoms with Crippen molar-refractivity contribution in [3.8, 4) is 0 Å². The zero-order valence-corrected chi connectivity index (χ0v) is 16.0. The third-order valence-electron chi connectivity index (χ3n) is 4.41. The van der Waals surface area contributed by atoms with Crippen LogP contribution in [0.5, 0.6) is 0 Å². The SMILES string of the molecule is COC1CC(c2nc3ccc(Cl)c(C)c3[nH]2)N(C(=O)OC(C)(C)C)C1. The number of imidazole rings is 1. The number of amides is 1. The minimum atomic E-state index is -0.551. The number of H-pyrrole nitrogens is 1. The molecule has 0 aliphatic carbocycles. The van der Waals surface area contributed by atoms with E-state index in [0.717, 1.165) is 22.4 Å². The zero-order chi connectivity index (χ0) is 18.4. The lowest BCUT2D eigenvalue weighted by Crippen LogP contribution is -2.37. The Labute approximate surface area is 152 Å². The number of aryl methyl sites for hydroxylation is 1. The van der Waals surface area contributed by atoms with Gasteiger partial charge in [0, 0.05) is 18.6 Å². The van der Waals surface area contributed by atoms with Crippen LogP contribution in [0.2, 0.25) is 5.02 Å². The Morgan fingerprint density at radius 3 is 2.76 bits per heavy atom. The van der Waals surface area contributed by atoms with Gasteiger partial charge in [0.15, 0.2) is 0 Å². The van der Waals surface area contributed by atoms with Crippen molar-refractivity contribution in [2.45, 2.75) is 51.9 Å². The molecule has 2 heterocycles. The normalized spacial score (nSPS) is 21.1. The van der Waals surface area contributed by atoms with Gasteiger partial charge in [-0.2, -0.15) is 0 Å². The summed E-state index contributed by atoms with van der Waals surface area (Å²) in [6, 6.07) is 3.50. The molecule has 136 valence electrons. The number of rotatable bonds is 2. The van der Waals surface area contributed by atoms with Gasteiger partial charge < -0.3 is 14.5 Å². The van der Waals surface area contributed by atoms with Crippen molar-refractivity contribution >= 4 is 28.7 Å². The summed E-state index contributed by atoms with van der Waals surface area (Å²) in [6.45, 7) is 8.00. The summed E-state index contributed by atoms with van der Waals surface area (Å²) in [4.78, 5) is 22.3. The van der Waals surface area contributed by atoms with Crippen LogP contribution in [0.15, 0.2) is 12.1 Å². The van der Waals surface area contributed by atoms with Crippen LogP contribution < -0.4 is 0 Å². The van der Waals surface area contributed by atoms with Crippen LogP contribution in [0, 0.1) is 6.92 Å². The Bertz CT molecular complexity index is 797. The zero-order valence-electron chi connectivity index (χ0n) is 15.2. The van der Waals surface area contributed by atoms with E-state index in [4.69, 9.17) is 21.1 Å². The fourth-order valence-electron chi connectivity index (χ4n) is 3.12. The molecule has 1 aromatic heterocycles. The second kappa shape index (κ2) is 6.50. The maximum absolute atomic E-state index is 12.6. The first-order valence-corrected chi connectivity index (χ1v) is 8.74. The van der Waals surface area contributed by atoms with Crippen LogP contribution in [0.1, 0.15) is 44.6 Å². The molecule has 2 aromatic rings. The molecule has 0 radical (unpaired) electrons. The Balaban J connectivity index is 1.95. The van der Waals surface area contributed by atoms with Crippen LogP contribution in [0.25, 0.3) is 11.0 Å². The molecular weight excluding hydrogens is 342 g/mol. The lowest BCUT2D eigenvalue weighted by atomic mass is 10.2. The summed E-state index contributed by atoms with van der Waals surface area (Å²) in [5.74, 6) is 0.728. The van der Waals surface area contributed by atoms with Crippen molar-refractivity contribution in [2.24, 2.45) is 0 Å². The lowest BCUT2D eigenvalue weighted by molar-refractivity contribution is 0.0190. The van der Waals surface area contributed by atoms with E-state index >= 15 is 0 Å². The van der Waals surface area contributed by atoms with Gasteiger partial charge in [-0.15, -0.1) is 0 Å². The van der Waals surface area contributed by atoms with Gasteiger partial charge in [0.2, 0.25) is 0 Å². The van der Waals surface area contributed by atoms with Crippen molar-refractivity contribution < 1.29 is 14.3 Å². The van der Waals surface area contributed by atoms with Crippen LogP contribution in [-0.4, -0.2) is 46.3 Å². The highest BCUT2D eigenvalue weighted by Crippen LogP contribution is 2.35. The Morgan fingerprint density at radius 1 is 1.40 bits per heavy atom. The van der Waals surface area contributed by atoms with Gasteiger partial charge >= 0.3 is 6.09 Å². The van der Waals surface area contributed by atoms with Gasteiger partial charge in [0.1, 0.15) is 11.4 Å². The van der Waals surface area contributed by atoms with E-state index in [-0.39, 0.29) is 18.2 Å². The number of nitrogens with zero attached hydrogens (tertiary/aromatic N) is 2. The summed E-state index contributed by atoms with van der Waals surface area (Å²) in [5.41, 5.74) is 2.13. The van der Waals surface area contributed by atoms with Gasteiger partial charge in [-0.1, -0.05) is 11.6 Å². The molecule has 1 amide bonds. The lowest BCUT2D eigenvalue weighted by Gasteiger charge is -2.27. The van der Waals surface area contributed by atoms with Crippen LogP contribution >= 0.6 is 11.6 Å². The van der Waals surface area contributed by atoms with Crippen LogP contribution in [0.4, 0.5) is 4.79 Å². The van der Waals surface area contributed by atoms with Gasteiger partial charge in [-0.25, -0.2) is 9.78 Å². The van der Waals surface area contributed by atoms with Crippen LogP contribution in [0.3, 0.4) is 0 Å². The molecule has 1 aliphatic rings. The number of hydrogen-bond acceptors (Lipinski definition) is 4. The number of ether oxygens (including phenoxy) is 2. The molecule has 1 saturated heterocycles. The molecule has 2 unspecified atom stereocenters. The molecule has 1 aliphatic heterocycles. The molecule has 3 rings (SSSR count). The third kappa shape index (κ3) is 3.60. The Morgan fingerprint density at radius 2 is 2.12 bits per heavy atom. The molecule has 0 saturated carbocycles. The van der Waals surface area contributed by atoms with Gasteiger partial charge in [0.05, 0.1) is 29.7 Å². The highest BCUT2D eigenvalue weighted by molar-refractivity contribution is 6.32. The number of likely N-dealkylation sites (tertiary alicyclic amines) is 1. The molecule has 1 aromatic carbocycles. The molecule has 2 atom stereocenters. The number of fused-ring (bicyclic) bond motifs is 1. The van der Waals surface area contributed by atoms with E-state index in [9.17, 15) is 4.79 Å². The van der Waals surface area contributed by atoms with E-state index in [1.54, 1.807) is 12.0 Å². The minimum absolute atomic E-state index is 0.0459. The molecule has 1 fully saturated rings. The van der Waals surface area contributed by atoms with Gasteiger partial charge in [-0.3, -0.25) is 4.90 Å². The molecule has 25 heavy (non-hydrogen) atoms. The van der Waals surface area contributed by atoms with E-state index in [1.165, 1.54) is 0 Å². The number of nitrogens with one attached hydrogen (secondary N) is 1. The van der Waals surface area contributed by atoms with Crippen LogP contribution in [-0.2, 0) is 9.47 Å². The van der Waals surface area contributed by atoms with E-state index in [1.807, 2.05) is 39.8 Å². The highest BCUT2D eigenvalue weighted by Gasteiger charge is 2.40. The highest BCUT2D eigenvalue weighted by atomic mass is 35.5. The maximum atomic E-state index is 12.6. The number of carbonyl (C=O) groups is 1. The van der Waals surface area contributed by atoms with Crippen molar-refractivity contribution in [1.82, 2.24) is 14.9 Å². The number of carbonyl (C=O) groups excluding carboxylic acids is 1. The topological polar surface area (TPSA) is 67.5 Å². The summed E-state index contributed by atoms with van der Waals surface area (Å²) in [5, 5.41) is 0.688. The van der Waals surface area contributed by atoms with Crippen molar-refractivity contribution in [3.05, 3.63) is 28.5 Å². The van der Waals surface area contributed by atoms with Gasteiger partial charge in [0.25, 0.3) is 0 Å². The predicted molar refractivity (Wildman–Crippen MR) is 96.9 cm³/mol. The Hall–Kier alpha value is -1.79. The summed E-state index contributed by atoms with van der Waals surface area (Å²) in [6.07, 6.45) is 0.269. The molecule has 0 spiro atoms. The fourth-order valence-corrected chi connectivity index (χ4v) is 3.27. The number of benzene rings is 1. The summed E-state index contributed by atoms with van der Waals surface area (Å²) < 4.78 is 11.0. The molecule has 1 N–H and O–H groups in total. The predicted octanol–water partition coefficient (Wildman–Crippen LogP) is 4.22. The third-order valence-corrected chi connectivity index (χ3v) is 4.82. The largest absolute Gasteiger partial charge is 0.444 e. The van der Waals surface area contributed by atoms with E-state index in [2.05, 4.69) is 9.97 Å². The fraction of sp³-hybridized carbons (Fsp3) is 0.556. The number of hydrogen-bond donors (Lipinski definition) is 1. The smallest absolute Gasteiger partial charge is 0.411 e. The Kier molecular flexibility index (Phi) is 4.68. The van der Waals surface area contributed by atoms with Crippen molar-refractivity contribution in [3.63, 3.8) is 0 Å². The quantitative estimate of drug-likeness (QED) is 0.865.